The molecule has 2 rings (SSSR count). The molecule has 114 valence electrons. The molecule has 1 aromatic carbocycles. The summed E-state index contributed by atoms with van der Waals surface area (Å²) < 4.78 is 0. The van der Waals surface area contributed by atoms with Crippen molar-refractivity contribution in [3.63, 3.8) is 0 Å². The summed E-state index contributed by atoms with van der Waals surface area (Å²) in [4.78, 5) is 24.9. The molecule has 6 heteroatoms. The molecule has 4 nitrogen and oxygen atoms in total. The monoisotopic (exact) mass is 327 g/mol. The fourth-order valence-corrected chi connectivity index (χ4v) is 3.22. The molecule has 0 heterocycles. The summed E-state index contributed by atoms with van der Waals surface area (Å²) in [6, 6.07) is 6.87. The average Bonchev–Trinajstić information content (AvgIpc) is 3.23. The van der Waals surface area contributed by atoms with Gasteiger partial charge in [-0.3, -0.25) is 4.79 Å². The number of thioether (sulfide) groups is 1. The van der Waals surface area contributed by atoms with Gasteiger partial charge in [0.1, 0.15) is 6.04 Å². The van der Waals surface area contributed by atoms with Crippen molar-refractivity contribution in [2.75, 3.05) is 5.75 Å². The number of amides is 1. The van der Waals surface area contributed by atoms with Crippen LogP contribution in [0.2, 0.25) is 5.02 Å². The number of carbonyl (C=O) groups is 2. The third kappa shape index (κ3) is 4.64. The third-order valence-corrected chi connectivity index (χ3v) is 4.61. The van der Waals surface area contributed by atoms with E-state index in [0.29, 0.717) is 16.5 Å². The van der Waals surface area contributed by atoms with Gasteiger partial charge in [0.25, 0.3) is 0 Å². The van der Waals surface area contributed by atoms with Crippen molar-refractivity contribution < 1.29 is 14.7 Å². The number of carbonyl (C=O) groups excluding carboxylic acids is 1. The standard InChI is InChI=1S/C15H18ClNO3S/c1-10(15(19)20)17(13-5-6-13)14(18)9-21-8-11-3-2-4-12(16)7-11/h2-4,7,10,13H,5-6,8-9H2,1H3,(H,19,20). The van der Waals surface area contributed by atoms with Crippen molar-refractivity contribution >= 4 is 35.2 Å². The maximum Gasteiger partial charge on any atom is 0.326 e. The Hall–Kier alpha value is -1.20. The first kappa shape index (κ1) is 16.2. The molecule has 1 fully saturated rings. The molecule has 0 aromatic heterocycles. The molecular weight excluding hydrogens is 310 g/mol. The maximum atomic E-state index is 12.2. The second kappa shape index (κ2) is 7.18. The fourth-order valence-electron chi connectivity index (χ4n) is 2.17. The molecular formula is C15H18ClNO3S. The first-order valence-corrected chi connectivity index (χ1v) is 8.38. The molecule has 0 saturated heterocycles. The van der Waals surface area contributed by atoms with Gasteiger partial charge in [-0.2, -0.15) is 0 Å². The van der Waals surface area contributed by atoms with Gasteiger partial charge in [0.05, 0.1) is 5.75 Å². The number of nitrogens with zero attached hydrogens (tertiary/aromatic N) is 1. The van der Waals surface area contributed by atoms with Crippen LogP contribution in [-0.2, 0) is 15.3 Å². The number of aliphatic carboxylic acids is 1. The topological polar surface area (TPSA) is 57.6 Å². The van der Waals surface area contributed by atoms with Crippen LogP contribution < -0.4 is 0 Å². The lowest BCUT2D eigenvalue weighted by Gasteiger charge is -2.26. The molecule has 1 saturated carbocycles. The second-order valence-electron chi connectivity index (χ2n) is 5.17. The summed E-state index contributed by atoms with van der Waals surface area (Å²) >= 11 is 7.40. The minimum absolute atomic E-state index is 0.0978. The van der Waals surface area contributed by atoms with E-state index in [4.69, 9.17) is 16.7 Å². The number of halogens is 1. The van der Waals surface area contributed by atoms with Crippen molar-refractivity contribution in [2.45, 2.75) is 37.6 Å². The van der Waals surface area contributed by atoms with Gasteiger partial charge in [-0.05, 0) is 37.5 Å². The van der Waals surface area contributed by atoms with E-state index in [2.05, 4.69) is 0 Å². The molecule has 1 unspecified atom stereocenters. The molecule has 0 radical (unpaired) electrons. The summed E-state index contributed by atoms with van der Waals surface area (Å²) in [5.41, 5.74) is 1.06. The Bertz CT molecular complexity index is 533. The molecule has 1 aliphatic carbocycles. The number of hydrogen-bond acceptors (Lipinski definition) is 3. The first-order valence-electron chi connectivity index (χ1n) is 6.85. The zero-order chi connectivity index (χ0) is 15.4. The zero-order valence-electron chi connectivity index (χ0n) is 11.8. The first-order chi connectivity index (χ1) is 9.99. The summed E-state index contributed by atoms with van der Waals surface area (Å²) in [6.45, 7) is 1.57. The number of carboxylic acids is 1. The Morgan fingerprint density at radius 3 is 2.76 bits per heavy atom. The third-order valence-electron chi connectivity index (χ3n) is 3.39. The Labute approximate surface area is 133 Å². The van der Waals surface area contributed by atoms with Gasteiger partial charge in [-0.25, -0.2) is 4.79 Å². The van der Waals surface area contributed by atoms with Crippen molar-refractivity contribution in [1.29, 1.82) is 0 Å². The van der Waals surface area contributed by atoms with Gasteiger partial charge in [0.2, 0.25) is 5.91 Å². The molecule has 0 spiro atoms. The van der Waals surface area contributed by atoms with Gasteiger partial charge in [0.15, 0.2) is 0 Å². The van der Waals surface area contributed by atoms with Crippen molar-refractivity contribution in [1.82, 2.24) is 4.90 Å². The van der Waals surface area contributed by atoms with Crippen LogP contribution in [0.25, 0.3) is 0 Å². The number of rotatable bonds is 7. The van der Waals surface area contributed by atoms with E-state index in [9.17, 15) is 9.59 Å². The Morgan fingerprint density at radius 2 is 2.19 bits per heavy atom. The summed E-state index contributed by atoms with van der Waals surface area (Å²) in [5, 5.41) is 9.78. The Balaban J connectivity index is 1.86. The molecule has 1 aromatic rings. The van der Waals surface area contributed by atoms with Crippen LogP contribution in [0.5, 0.6) is 0 Å². The lowest BCUT2D eigenvalue weighted by molar-refractivity contribution is -0.148. The van der Waals surface area contributed by atoms with E-state index in [1.807, 2.05) is 24.3 Å². The van der Waals surface area contributed by atoms with Crippen LogP contribution in [0.1, 0.15) is 25.3 Å². The van der Waals surface area contributed by atoms with E-state index in [-0.39, 0.29) is 11.9 Å². The number of hydrogen-bond donors (Lipinski definition) is 1. The summed E-state index contributed by atoms with van der Waals surface area (Å²) in [6.07, 6.45) is 1.81. The van der Waals surface area contributed by atoms with Crippen molar-refractivity contribution in [2.24, 2.45) is 0 Å². The van der Waals surface area contributed by atoms with Crippen LogP contribution in [0.15, 0.2) is 24.3 Å². The zero-order valence-corrected chi connectivity index (χ0v) is 13.4. The van der Waals surface area contributed by atoms with Gasteiger partial charge in [-0.15, -0.1) is 11.8 Å². The van der Waals surface area contributed by atoms with E-state index in [1.54, 1.807) is 6.92 Å². The van der Waals surface area contributed by atoms with Crippen molar-refractivity contribution in [3.05, 3.63) is 34.9 Å². The van der Waals surface area contributed by atoms with E-state index < -0.39 is 12.0 Å². The van der Waals surface area contributed by atoms with Crippen LogP contribution in [0, 0.1) is 0 Å². The fraction of sp³-hybridized carbons (Fsp3) is 0.467. The highest BCUT2D eigenvalue weighted by Crippen LogP contribution is 2.29. The van der Waals surface area contributed by atoms with Crippen LogP contribution >= 0.6 is 23.4 Å². The second-order valence-corrected chi connectivity index (χ2v) is 6.59. The highest BCUT2D eigenvalue weighted by Gasteiger charge is 2.37. The minimum Gasteiger partial charge on any atom is -0.480 e. The van der Waals surface area contributed by atoms with Gasteiger partial charge in [0, 0.05) is 16.8 Å². The Kier molecular flexibility index (Phi) is 5.53. The summed E-state index contributed by atoms with van der Waals surface area (Å²) in [7, 11) is 0. The summed E-state index contributed by atoms with van der Waals surface area (Å²) in [5.74, 6) is -0.0677. The lowest BCUT2D eigenvalue weighted by Crippen LogP contribution is -2.45. The maximum absolute atomic E-state index is 12.2. The van der Waals surface area contributed by atoms with Crippen LogP contribution in [-0.4, -0.2) is 39.7 Å². The normalized spacial score (nSPS) is 15.5. The van der Waals surface area contributed by atoms with Gasteiger partial charge in [-0.1, -0.05) is 23.7 Å². The molecule has 0 aliphatic heterocycles. The predicted molar refractivity (Wildman–Crippen MR) is 84.6 cm³/mol. The van der Waals surface area contributed by atoms with Crippen LogP contribution in [0.4, 0.5) is 0 Å². The molecule has 1 N–H and O–H groups in total. The average molecular weight is 328 g/mol. The smallest absolute Gasteiger partial charge is 0.326 e. The largest absolute Gasteiger partial charge is 0.480 e. The van der Waals surface area contributed by atoms with E-state index in [1.165, 1.54) is 16.7 Å². The number of carboxylic acid groups (broad SMARTS) is 1. The molecule has 0 bridgehead atoms. The lowest BCUT2D eigenvalue weighted by atomic mass is 10.2. The highest BCUT2D eigenvalue weighted by molar-refractivity contribution is 7.99. The highest BCUT2D eigenvalue weighted by atomic mass is 35.5. The molecule has 1 atom stereocenters. The molecule has 1 aliphatic rings. The quantitative estimate of drug-likeness (QED) is 0.836. The van der Waals surface area contributed by atoms with Crippen LogP contribution in [0.3, 0.4) is 0 Å². The van der Waals surface area contributed by atoms with Gasteiger partial charge >= 0.3 is 5.97 Å². The number of benzene rings is 1. The van der Waals surface area contributed by atoms with Gasteiger partial charge < -0.3 is 10.0 Å². The van der Waals surface area contributed by atoms with Crippen molar-refractivity contribution in [3.8, 4) is 0 Å². The Morgan fingerprint density at radius 1 is 1.48 bits per heavy atom. The SMILES string of the molecule is CC(C(=O)O)N(C(=O)CSCc1cccc(Cl)c1)C1CC1. The minimum atomic E-state index is -0.949. The predicted octanol–water partition coefficient (Wildman–Crippen LogP) is 3.04. The molecule has 1 amide bonds. The van der Waals surface area contributed by atoms with E-state index in [0.717, 1.165) is 18.4 Å². The molecule has 21 heavy (non-hydrogen) atoms. The van der Waals surface area contributed by atoms with E-state index >= 15 is 0 Å².